The van der Waals surface area contributed by atoms with Crippen molar-refractivity contribution in [3.8, 4) is 0 Å². The van der Waals surface area contributed by atoms with Gasteiger partial charge in [0.1, 0.15) is 22.3 Å². The summed E-state index contributed by atoms with van der Waals surface area (Å²) in [5.74, 6) is -2.22. The molecule has 3 rings (SSSR count). The largest absolute Gasteiger partial charge is 0.478 e. The predicted octanol–water partition coefficient (Wildman–Crippen LogP) is 3.59. The fourth-order valence-electron chi connectivity index (χ4n) is 2.19. The minimum Gasteiger partial charge on any atom is -0.478 e. The van der Waals surface area contributed by atoms with Crippen LogP contribution in [-0.4, -0.2) is 22.2 Å². The summed E-state index contributed by atoms with van der Waals surface area (Å²) in [7, 11) is 0. The first-order valence-corrected chi connectivity index (χ1v) is 6.68. The maximum absolute atomic E-state index is 11.3. The van der Waals surface area contributed by atoms with Crippen LogP contribution in [0.1, 0.15) is 20.7 Å². The average molecular weight is 382 g/mol. The second-order valence-electron chi connectivity index (χ2n) is 4.22. The molecule has 2 N–H and O–H groups in total. The van der Waals surface area contributed by atoms with E-state index in [-0.39, 0.29) is 22.3 Å². The van der Waals surface area contributed by atoms with E-state index >= 15 is 0 Å². The van der Waals surface area contributed by atoms with E-state index in [1.807, 2.05) is 22.6 Å². The number of furan rings is 1. The van der Waals surface area contributed by atoms with Crippen molar-refractivity contribution in [2.24, 2.45) is 0 Å². The van der Waals surface area contributed by atoms with E-state index in [4.69, 9.17) is 9.52 Å². The number of carbonyl (C=O) groups is 2. The van der Waals surface area contributed by atoms with Crippen LogP contribution >= 0.6 is 22.6 Å². The van der Waals surface area contributed by atoms with Crippen molar-refractivity contribution in [2.45, 2.75) is 0 Å². The van der Waals surface area contributed by atoms with Gasteiger partial charge in [-0.1, -0.05) is 12.1 Å². The highest BCUT2D eigenvalue weighted by Crippen LogP contribution is 2.34. The van der Waals surface area contributed by atoms with E-state index in [2.05, 4.69) is 0 Å². The van der Waals surface area contributed by atoms with Crippen molar-refractivity contribution < 1.29 is 24.2 Å². The van der Waals surface area contributed by atoms with Gasteiger partial charge in [-0.25, -0.2) is 9.59 Å². The third-order valence-corrected chi connectivity index (χ3v) is 3.65. The Morgan fingerprint density at radius 2 is 1.60 bits per heavy atom. The summed E-state index contributed by atoms with van der Waals surface area (Å²) in [5.41, 5.74) is 0.436. The molecule has 0 atom stereocenters. The molecule has 0 spiro atoms. The third kappa shape index (κ3) is 1.83. The molecule has 0 saturated carbocycles. The Labute approximate surface area is 125 Å². The van der Waals surface area contributed by atoms with Gasteiger partial charge in [-0.05, 0) is 40.8 Å². The van der Waals surface area contributed by atoms with Gasteiger partial charge < -0.3 is 14.6 Å². The van der Waals surface area contributed by atoms with Crippen LogP contribution in [0, 0.1) is 3.57 Å². The first-order valence-electron chi connectivity index (χ1n) is 5.60. The molecule has 3 aromatic rings. The lowest BCUT2D eigenvalue weighted by molar-refractivity contribution is 0.0688. The molecule has 0 bridgehead atoms. The summed E-state index contributed by atoms with van der Waals surface area (Å²) in [6.07, 6.45) is 0. The van der Waals surface area contributed by atoms with Crippen molar-refractivity contribution in [1.29, 1.82) is 0 Å². The molecule has 0 unspecified atom stereocenters. The SMILES string of the molecule is O=C(O)c1cccc2c1oc1c(C(=O)O)cc(I)cc12. The van der Waals surface area contributed by atoms with Crippen LogP contribution in [0.3, 0.4) is 0 Å². The first kappa shape index (κ1) is 12.9. The van der Waals surface area contributed by atoms with E-state index in [0.29, 0.717) is 10.8 Å². The maximum atomic E-state index is 11.3. The number of benzene rings is 2. The Bertz CT molecular complexity index is 878. The zero-order valence-electron chi connectivity index (χ0n) is 9.88. The van der Waals surface area contributed by atoms with Gasteiger partial charge in [0.15, 0.2) is 0 Å². The molecule has 20 heavy (non-hydrogen) atoms. The lowest BCUT2D eigenvalue weighted by Crippen LogP contribution is -1.97. The van der Waals surface area contributed by atoms with Crippen LogP contribution in [0.25, 0.3) is 21.9 Å². The number of fused-ring (bicyclic) bond motifs is 3. The highest BCUT2D eigenvalue weighted by Gasteiger charge is 2.19. The minimum absolute atomic E-state index is 0.0186. The normalized spacial score (nSPS) is 11.1. The quantitative estimate of drug-likeness (QED) is 0.662. The van der Waals surface area contributed by atoms with Crippen molar-refractivity contribution >= 4 is 56.5 Å². The van der Waals surface area contributed by atoms with Crippen molar-refractivity contribution in [1.82, 2.24) is 0 Å². The van der Waals surface area contributed by atoms with Crippen molar-refractivity contribution in [3.05, 3.63) is 45.0 Å². The zero-order chi connectivity index (χ0) is 14.4. The molecule has 0 fully saturated rings. The van der Waals surface area contributed by atoms with E-state index in [0.717, 1.165) is 3.57 Å². The number of aromatic carboxylic acids is 2. The van der Waals surface area contributed by atoms with Gasteiger partial charge in [0, 0.05) is 14.3 Å². The molecule has 0 aliphatic carbocycles. The van der Waals surface area contributed by atoms with Crippen molar-refractivity contribution in [3.63, 3.8) is 0 Å². The average Bonchev–Trinajstić information content (AvgIpc) is 2.75. The molecule has 0 aliphatic heterocycles. The highest BCUT2D eigenvalue weighted by atomic mass is 127. The van der Waals surface area contributed by atoms with Gasteiger partial charge in [0.05, 0.1) is 0 Å². The van der Waals surface area contributed by atoms with Crippen LogP contribution in [0.4, 0.5) is 0 Å². The summed E-state index contributed by atoms with van der Waals surface area (Å²) >= 11 is 2.02. The molecule has 100 valence electrons. The zero-order valence-corrected chi connectivity index (χ0v) is 12.0. The van der Waals surface area contributed by atoms with Crippen LogP contribution in [0.15, 0.2) is 34.7 Å². The number of halogens is 1. The van der Waals surface area contributed by atoms with Crippen LogP contribution < -0.4 is 0 Å². The molecule has 1 heterocycles. The number of carboxylic acid groups (broad SMARTS) is 2. The van der Waals surface area contributed by atoms with Crippen LogP contribution in [0.5, 0.6) is 0 Å². The van der Waals surface area contributed by atoms with Gasteiger partial charge >= 0.3 is 11.9 Å². The fourth-order valence-corrected chi connectivity index (χ4v) is 2.81. The summed E-state index contributed by atoms with van der Waals surface area (Å²) in [4.78, 5) is 22.5. The predicted molar refractivity (Wildman–Crippen MR) is 80.4 cm³/mol. The van der Waals surface area contributed by atoms with E-state index in [1.54, 1.807) is 18.2 Å². The molecule has 5 nitrogen and oxygen atoms in total. The number of hydrogen-bond acceptors (Lipinski definition) is 3. The van der Waals surface area contributed by atoms with Gasteiger partial charge in [-0.15, -0.1) is 0 Å². The summed E-state index contributed by atoms with van der Waals surface area (Å²) in [6, 6.07) is 8.03. The number of para-hydroxylation sites is 1. The fraction of sp³-hybridized carbons (Fsp3) is 0. The van der Waals surface area contributed by atoms with E-state index < -0.39 is 11.9 Å². The second-order valence-corrected chi connectivity index (χ2v) is 5.47. The lowest BCUT2D eigenvalue weighted by Gasteiger charge is -1.97. The molecule has 1 aromatic heterocycles. The van der Waals surface area contributed by atoms with E-state index in [9.17, 15) is 14.7 Å². The van der Waals surface area contributed by atoms with E-state index in [1.165, 1.54) is 12.1 Å². The standard InChI is InChI=1S/C14H7IO5/c15-6-4-9-7-2-1-3-8(13(16)17)11(7)20-12(9)10(5-6)14(18)19/h1-5H,(H,16,17)(H,18,19). The summed E-state index contributed by atoms with van der Waals surface area (Å²) in [5, 5.41) is 19.6. The number of carboxylic acids is 2. The smallest absolute Gasteiger partial charge is 0.339 e. The molecule has 0 aliphatic rings. The molecule has 2 aromatic carbocycles. The Balaban J connectivity index is 2.54. The topological polar surface area (TPSA) is 87.7 Å². The van der Waals surface area contributed by atoms with Gasteiger partial charge in [-0.3, -0.25) is 0 Å². The molecular formula is C14H7IO5. The van der Waals surface area contributed by atoms with Gasteiger partial charge in [0.25, 0.3) is 0 Å². The monoisotopic (exact) mass is 382 g/mol. The molecule has 0 saturated heterocycles. The molecular weight excluding hydrogens is 375 g/mol. The molecule has 6 heteroatoms. The first-order chi connectivity index (χ1) is 9.49. The highest BCUT2D eigenvalue weighted by molar-refractivity contribution is 14.1. The molecule has 0 amide bonds. The van der Waals surface area contributed by atoms with Gasteiger partial charge in [0.2, 0.25) is 0 Å². The Morgan fingerprint density at radius 1 is 0.950 bits per heavy atom. The third-order valence-electron chi connectivity index (χ3n) is 3.02. The summed E-state index contributed by atoms with van der Waals surface area (Å²) < 4.78 is 6.27. The van der Waals surface area contributed by atoms with Crippen molar-refractivity contribution in [2.75, 3.05) is 0 Å². The van der Waals surface area contributed by atoms with Gasteiger partial charge in [-0.2, -0.15) is 0 Å². The van der Waals surface area contributed by atoms with Crippen LogP contribution in [-0.2, 0) is 0 Å². The Morgan fingerprint density at radius 3 is 2.25 bits per heavy atom. The summed E-state index contributed by atoms with van der Waals surface area (Å²) in [6.45, 7) is 0. The Hall–Kier alpha value is -2.09. The number of rotatable bonds is 2. The molecule has 0 radical (unpaired) electrons. The minimum atomic E-state index is -1.11. The Kier molecular flexibility index (Phi) is 2.89. The lowest BCUT2D eigenvalue weighted by atomic mass is 10.1. The second kappa shape index (κ2) is 4.48. The maximum Gasteiger partial charge on any atom is 0.339 e. The number of hydrogen-bond donors (Lipinski definition) is 2. The van der Waals surface area contributed by atoms with Crippen LogP contribution in [0.2, 0.25) is 0 Å².